The zero-order valence-corrected chi connectivity index (χ0v) is 15.6. The molecule has 4 nitrogen and oxygen atoms in total. The van der Waals surface area contributed by atoms with Crippen LogP contribution in [0, 0.1) is 12.8 Å². The average molecular weight is 350 g/mol. The predicted molar refractivity (Wildman–Crippen MR) is 106 cm³/mol. The highest BCUT2D eigenvalue weighted by Crippen LogP contribution is 2.33. The Morgan fingerprint density at radius 1 is 0.962 bits per heavy atom. The van der Waals surface area contributed by atoms with Crippen LogP contribution in [0.5, 0.6) is 0 Å². The van der Waals surface area contributed by atoms with Gasteiger partial charge in [-0.2, -0.15) is 0 Å². The maximum atomic E-state index is 11.6. The van der Waals surface area contributed by atoms with Gasteiger partial charge in [0.25, 0.3) is 0 Å². The van der Waals surface area contributed by atoms with Crippen LogP contribution in [-0.4, -0.2) is 39.3 Å². The second-order valence-electron chi connectivity index (χ2n) is 7.43. The molecule has 2 aliphatic heterocycles. The van der Waals surface area contributed by atoms with Crippen LogP contribution >= 0.6 is 0 Å². The lowest BCUT2D eigenvalue weighted by molar-refractivity contribution is -0.146. The lowest BCUT2D eigenvalue weighted by Crippen LogP contribution is -2.50. The summed E-state index contributed by atoms with van der Waals surface area (Å²) in [4.78, 5) is 16.4. The topological polar surface area (TPSA) is 32.8 Å². The Hall–Kier alpha value is -2.49. The van der Waals surface area contributed by atoms with E-state index in [1.165, 1.54) is 48.0 Å². The Morgan fingerprint density at radius 2 is 1.69 bits per heavy atom. The highest BCUT2D eigenvalue weighted by molar-refractivity contribution is 5.78. The van der Waals surface area contributed by atoms with Crippen LogP contribution in [0.4, 0.5) is 11.4 Å². The molecule has 0 bridgehead atoms. The molecule has 26 heavy (non-hydrogen) atoms. The molecule has 0 N–H and O–H groups in total. The van der Waals surface area contributed by atoms with Crippen molar-refractivity contribution < 1.29 is 9.53 Å². The SMILES string of the molecule is COC(=O)C1CN(c2cc(C)cc(-c3cccc(N4CCCC4)c3)c2)C1. The third kappa shape index (κ3) is 3.28. The van der Waals surface area contributed by atoms with E-state index in [2.05, 4.69) is 59.2 Å². The summed E-state index contributed by atoms with van der Waals surface area (Å²) in [5.41, 5.74) is 6.24. The fourth-order valence-corrected chi connectivity index (χ4v) is 3.97. The van der Waals surface area contributed by atoms with Gasteiger partial charge in [0.2, 0.25) is 0 Å². The van der Waals surface area contributed by atoms with Gasteiger partial charge in [-0.15, -0.1) is 0 Å². The first-order valence-corrected chi connectivity index (χ1v) is 9.44. The van der Waals surface area contributed by atoms with E-state index >= 15 is 0 Å². The molecule has 0 atom stereocenters. The average Bonchev–Trinajstić information content (AvgIpc) is 3.14. The highest BCUT2D eigenvalue weighted by atomic mass is 16.5. The molecule has 2 heterocycles. The number of anilines is 2. The molecule has 4 rings (SSSR count). The Morgan fingerprint density at radius 3 is 2.42 bits per heavy atom. The normalized spacial score (nSPS) is 17.3. The standard InChI is InChI=1S/C22H26N2O2/c1-16-10-18(13-21(11-16)24-14-19(15-24)22(25)26-2)17-6-5-7-20(12-17)23-8-3-4-9-23/h5-7,10-13,19H,3-4,8-9,14-15H2,1-2H3. The molecule has 4 heteroatoms. The fourth-order valence-electron chi connectivity index (χ4n) is 3.97. The summed E-state index contributed by atoms with van der Waals surface area (Å²) < 4.78 is 4.85. The van der Waals surface area contributed by atoms with E-state index in [-0.39, 0.29) is 11.9 Å². The van der Waals surface area contributed by atoms with Crippen molar-refractivity contribution >= 4 is 17.3 Å². The second kappa shape index (κ2) is 7.02. The van der Waals surface area contributed by atoms with Crippen LogP contribution in [0.25, 0.3) is 11.1 Å². The van der Waals surface area contributed by atoms with E-state index in [0.29, 0.717) is 0 Å². The van der Waals surface area contributed by atoms with Crippen LogP contribution in [0.2, 0.25) is 0 Å². The van der Waals surface area contributed by atoms with Crippen molar-refractivity contribution in [2.24, 2.45) is 5.92 Å². The first-order chi connectivity index (χ1) is 12.6. The van der Waals surface area contributed by atoms with Crippen LogP contribution in [-0.2, 0) is 9.53 Å². The maximum Gasteiger partial charge on any atom is 0.312 e. The van der Waals surface area contributed by atoms with Gasteiger partial charge in [0.15, 0.2) is 0 Å². The summed E-state index contributed by atoms with van der Waals surface area (Å²) in [6, 6.07) is 15.5. The van der Waals surface area contributed by atoms with E-state index in [1.54, 1.807) is 0 Å². The largest absolute Gasteiger partial charge is 0.469 e. The summed E-state index contributed by atoms with van der Waals surface area (Å²) >= 11 is 0. The van der Waals surface area contributed by atoms with Crippen molar-refractivity contribution in [2.45, 2.75) is 19.8 Å². The number of nitrogens with zero attached hydrogens (tertiary/aromatic N) is 2. The van der Waals surface area contributed by atoms with E-state index in [0.717, 1.165) is 26.2 Å². The minimum atomic E-state index is -0.104. The number of hydrogen-bond donors (Lipinski definition) is 0. The minimum Gasteiger partial charge on any atom is -0.469 e. The van der Waals surface area contributed by atoms with E-state index in [1.807, 2.05) is 0 Å². The summed E-state index contributed by atoms with van der Waals surface area (Å²) in [6.45, 7) is 5.93. The molecule has 2 aromatic carbocycles. The monoisotopic (exact) mass is 350 g/mol. The van der Waals surface area contributed by atoms with Gasteiger partial charge in [0.1, 0.15) is 0 Å². The van der Waals surface area contributed by atoms with E-state index in [4.69, 9.17) is 4.74 Å². The number of carbonyl (C=O) groups excluding carboxylic acids is 1. The fraction of sp³-hybridized carbons (Fsp3) is 0.409. The number of hydrogen-bond acceptors (Lipinski definition) is 4. The Labute approximate surface area is 155 Å². The molecule has 0 amide bonds. The van der Waals surface area contributed by atoms with Gasteiger partial charge in [-0.25, -0.2) is 0 Å². The first-order valence-electron chi connectivity index (χ1n) is 9.44. The molecule has 0 unspecified atom stereocenters. The predicted octanol–water partition coefficient (Wildman–Crippen LogP) is 3.87. The van der Waals surface area contributed by atoms with Gasteiger partial charge in [-0.1, -0.05) is 18.2 Å². The van der Waals surface area contributed by atoms with Crippen molar-refractivity contribution in [3.05, 3.63) is 48.0 Å². The summed E-state index contributed by atoms with van der Waals surface area (Å²) in [7, 11) is 1.46. The quantitative estimate of drug-likeness (QED) is 0.784. The Balaban J connectivity index is 1.57. The lowest BCUT2D eigenvalue weighted by Gasteiger charge is -2.39. The number of carbonyl (C=O) groups is 1. The minimum absolute atomic E-state index is 0.00227. The molecule has 2 saturated heterocycles. The number of esters is 1. The number of benzene rings is 2. The van der Waals surface area contributed by atoms with Gasteiger partial charge >= 0.3 is 5.97 Å². The van der Waals surface area contributed by atoms with Crippen molar-refractivity contribution in [3.8, 4) is 11.1 Å². The number of methoxy groups -OCH3 is 1. The highest BCUT2D eigenvalue weighted by Gasteiger charge is 2.33. The zero-order chi connectivity index (χ0) is 18.1. The molecule has 0 saturated carbocycles. The molecular weight excluding hydrogens is 324 g/mol. The smallest absolute Gasteiger partial charge is 0.312 e. The third-order valence-corrected chi connectivity index (χ3v) is 5.49. The molecule has 2 aromatic rings. The summed E-state index contributed by atoms with van der Waals surface area (Å²) in [5, 5.41) is 0. The van der Waals surface area contributed by atoms with Crippen LogP contribution in [0.1, 0.15) is 18.4 Å². The number of ether oxygens (including phenoxy) is 1. The lowest BCUT2D eigenvalue weighted by atomic mass is 9.96. The third-order valence-electron chi connectivity index (χ3n) is 5.49. The summed E-state index contributed by atoms with van der Waals surface area (Å²) in [6.07, 6.45) is 2.57. The molecule has 2 fully saturated rings. The van der Waals surface area contributed by atoms with Gasteiger partial charge in [-0.05, 0) is 60.7 Å². The van der Waals surface area contributed by atoms with Gasteiger partial charge in [-0.3, -0.25) is 4.79 Å². The molecule has 0 radical (unpaired) electrons. The van der Waals surface area contributed by atoms with Crippen LogP contribution in [0.15, 0.2) is 42.5 Å². The number of aryl methyl sites for hydroxylation is 1. The van der Waals surface area contributed by atoms with Crippen molar-refractivity contribution in [1.29, 1.82) is 0 Å². The van der Waals surface area contributed by atoms with Crippen LogP contribution < -0.4 is 9.80 Å². The molecular formula is C22H26N2O2. The molecule has 136 valence electrons. The molecule has 0 spiro atoms. The molecule has 0 aromatic heterocycles. The van der Waals surface area contributed by atoms with Gasteiger partial charge in [0, 0.05) is 37.6 Å². The Kier molecular flexibility index (Phi) is 4.58. The molecule has 0 aliphatic carbocycles. The van der Waals surface area contributed by atoms with Gasteiger partial charge in [0.05, 0.1) is 13.0 Å². The van der Waals surface area contributed by atoms with Crippen molar-refractivity contribution in [3.63, 3.8) is 0 Å². The van der Waals surface area contributed by atoms with Crippen molar-refractivity contribution in [2.75, 3.05) is 43.1 Å². The van der Waals surface area contributed by atoms with E-state index < -0.39 is 0 Å². The zero-order valence-electron chi connectivity index (χ0n) is 15.6. The van der Waals surface area contributed by atoms with E-state index in [9.17, 15) is 4.79 Å². The Bertz CT molecular complexity index is 806. The second-order valence-corrected chi connectivity index (χ2v) is 7.43. The first kappa shape index (κ1) is 17.0. The molecule has 2 aliphatic rings. The summed E-state index contributed by atoms with van der Waals surface area (Å²) in [5.74, 6) is -0.102. The number of rotatable bonds is 4. The van der Waals surface area contributed by atoms with Crippen LogP contribution in [0.3, 0.4) is 0 Å². The maximum absolute atomic E-state index is 11.6. The van der Waals surface area contributed by atoms with Gasteiger partial charge < -0.3 is 14.5 Å². The van der Waals surface area contributed by atoms with Crippen molar-refractivity contribution in [1.82, 2.24) is 0 Å².